The van der Waals surface area contributed by atoms with Gasteiger partial charge in [-0.25, -0.2) is 4.79 Å². The molecule has 0 aromatic carbocycles. The Morgan fingerprint density at radius 3 is 2.25 bits per heavy atom. The minimum Gasteiger partial charge on any atom is -0.450 e. The Balaban J connectivity index is 0.000000387. The molecule has 0 unspecified atom stereocenters. The van der Waals surface area contributed by atoms with E-state index in [9.17, 15) is 4.79 Å². The van der Waals surface area contributed by atoms with E-state index in [1.54, 1.807) is 6.92 Å². The molecule has 4 nitrogen and oxygen atoms in total. The van der Waals surface area contributed by atoms with Crippen LogP contribution < -0.4 is 11.1 Å². The lowest BCUT2D eigenvalue weighted by atomic mass is 10.0. The summed E-state index contributed by atoms with van der Waals surface area (Å²) in [5.41, 5.74) is 5.58. The van der Waals surface area contributed by atoms with E-state index in [1.165, 1.54) is 12.8 Å². The number of hydrogen-bond donors (Lipinski definition) is 2. The molecular formula is C15H27ClN2O2. The molecule has 2 aliphatic carbocycles. The molecule has 0 spiro atoms. The molecule has 0 aromatic heterocycles. The number of nitrogens with two attached hydrogens (primary N) is 1. The fraction of sp³-hybridized carbons (Fsp3) is 0.667. The number of ether oxygens (including phenoxy) is 1. The van der Waals surface area contributed by atoms with Crippen molar-refractivity contribution in [3.8, 4) is 0 Å². The van der Waals surface area contributed by atoms with Gasteiger partial charge in [0.15, 0.2) is 0 Å². The van der Waals surface area contributed by atoms with E-state index in [0.29, 0.717) is 12.6 Å². The minimum absolute atomic E-state index is 0. The molecule has 0 radical (unpaired) electrons. The Labute approximate surface area is 128 Å². The third kappa shape index (κ3) is 8.99. The first-order chi connectivity index (χ1) is 9.22. The highest BCUT2D eigenvalue weighted by molar-refractivity contribution is 5.85. The Kier molecular flexibility index (Phi) is 11.2. The van der Waals surface area contributed by atoms with E-state index < -0.39 is 0 Å². The van der Waals surface area contributed by atoms with Crippen LogP contribution in [0.3, 0.4) is 0 Å². The Morgan fingerprint density at radius 2 is 1.85 bits per heavy atom. The Morgan fingerprint density at radius 1 is 1.20 bits per heavy atom. The average molecular weight is 303 g/mol. The van der Waals surface area contributed by atoms with Gasteiger partial charge in [0.05, 0.1) is 6.61 Å². The molecule has 0 bridgehead atoms. The fourth-order valence-electron chi connectivity index (χ4n) is 2.08. The lowest BCUT2D eigenvalue weighted by Gasteiger charge is -2.18. The number of carbonyl (C=O) groups is 1. The summed E-state index contributed by atoms with van der Waals surface area (Å²) in [6, 6.07) is 0.721. The Bertz CT molecular complexity index is 319. The number of halogens is 1. The molecule has 0 heterocycles. The zero-order chi connectivity index (χ0) is 13.9. The number of nitrogens with one attached hydrogen (secondary N) is 1. The van der Waals surface area contributed by atoms with Gasteiger partial charge in [-0.05, 0) is 45.4 Å². The summed E-state index contributed by atoms with van der Waals surface area (Å²) in [4.78, 5) is 11.0. The number of hydrogen-bond acceptors (Lipinski definition) is 3. The normalized spacial score (nSPS) is 23.9. The summed E-state index contributed by atoms with van der Waals surface area (Å²) < 4.78 is 4.77. The summed E-state index contributed by atoms with van der Waals surface area (Å²) in [5.74, 6) is 0. The number of rotatable bonds is 2. The van der Waals surface area contributed by atoms with Gasteiger partial charge in [-0.1, -0.05) is 24.3 Å². The molecule has 3 N–H and O–H groups in total. The van der Waals surface area contributed by atoms with E-state index in [-0.39, 0.29) is 24.5 Å². The molecule has 0 aliphatic heterocycles. The smallest absolute Gasteiger partial charge is 0.407 e. The molecule has 0 aromatic rings. The van der Waals surface area contributed by atoms with Crippen molar-refractivity contribution in [1.29, 1.82) is 0 Å². The highest BCUT2D eigenvalue weighted by Gasteiger charge is 2.12. The van der Waals surface area contributed by atoms with Crippen molar-refractivity contribution in [2.75, 3.05) is 6.61 Å². The van der Waals surface area contributed by atoms with Gasteiger partial charge in [0.25, 0.3) is 0 Å². The van der Waals surface area contributed by atoms with Crippen LogP contribution in [0.5, 0.6) is 0 Å². The third-order valence-corrected chi connectivity index (χ3v) is 3.18. The summed E-state index contributed by atoms with van der Waals surface area (Å²) >= 11 is 0. The van der Waals surface area contributed by atoms with Gasteiger partial charge in [0.2, 0.25) is 0 Å². The zero-order valence-electron chi connectivity index (χ0n) is 12.2. The van der Waals surface area contributed by atoms with Crippen molar-refractivity contribution < 1.29 is 9.53 Å². The van der Waals surface area contributed by atoms with E-state index in [0.717, 1.165) is 25.7 Å². The number of amides is 1. The quantitative estimate of drug-likeness (QED) is 0.769. The van der Waals surface area contributed by atoms with Gasteiger partial charge in [-0.3, -0.25) is 0 Å². The first kappa shape index (κ1) is 19.0. The molecule has 2 rings (SSSR count). The second kappa shape index (κ2) is 11.8. The van der Waals surface area contributed by atoms with E-state index in [4.69, 9.17) is 10.5 Å². The second-order valence-electron chi connectivity index (χ2n) is 4.89. The van der Waals surface area contributed by atoms with Crippen LogP contribution in [0.2, 0.25) is 0 Å². The van der Waals surface area contributed by atoms with Crippen LogP contribution in [0.1, 0.15) is 45.4 Å². The van der Waals surface area contributed by atoms with Gasteiger partial charge in [-0.2, -0.15) is 0 Å². The van der Waals surface area contributed by atoms with Crippen LogP contribution >= 0.6 is 12.4 Å². The lowest BCUT2D eigenvalue weighted by Crippen LogP contribution is -2.35. The Hall–Kier alpha value is -1.00. The van der Waals surface area contributed by atoms with Gasteiger partial charge in [0, 0.05) is 12.1 Å². The standard InChI is InChI=1S/C9H15NO2.C6H11N.ClH/c1-2-12-9(11)10-8-6-4-3-5-7-8;7-6-4-2-1-3-5-6;/h3-4,8H,2,5-7H2,1H3,(H,10,11);1-2,6H,3-5,7H2;1H/t8-;6-;/m00./s1. The van der Waals surface area contributed by atoms with E-state index in [1.807, 2.05) is 0 Å². The third-order valence-electron chi connectivity index (χ3n) is 3.18. The van der Waals surface area contributed by atoms with Crippen molar-refractivity contribution >= 4 is 18.5 Å². The molecule has 0 saturated carbocycles. The van der Waals surface area contributed by atoms with Crippen molar-refractivity contribution in [1.82, 2.24) is 5.32 Å². The lowest BCUT2D eigenvalue weighted by molar-refractivity contribution is 0.147. The number of carbonyl (C=O) groups excluding carboxylic acids is 1. The average Bonchev–Trinajstić information content (AvgIpc) is 2.42. The van der Waals surface area contributed by atoms with Gasteiger partial charge in [0.1, 0.15) is 0 Å². The van der Waals surface area contributed by atoms with Gasteiger partial charge < -0.3 is 15.8 Å². The zero-order valence-corrected chi connectivity index (χ0v) is 13.0. The molecule has 0 saturated heterocycles. The predicted octanol–water partition coefficient (Wildman–Crippen LogP) is 3.32. The second-order valence-corrected chi connectivity index (χ2v) is 4.89. The topological polar surface area (TPSA) is 64.3 Å². The maximum atomic E-state index is 11.0. The highest BCUT2D eigenvalue weighted by Crippen LogP contribution is 2.10. The van der Waals surface area contributed by atoms with Crippen LogP contribution in [0.15, 0.2) is 24.3 Å². The number of alkyl carbamates (subject to hydrolysis) is 1. The summed E-state index contributed by atoms with van der Waals surface area (Å²) in [6.45, 7) is 2.24. The molecule has 0 fully saturated rings. The maximum Gasteiger partial charge on any atom is 0.407 e. The SMILES string of the molecule is CCOC(=O)N[C@H]1CC=CCC1.Cl.N[C@H]1CC=CCC1. The van der Waals surface area contributed by atoms with Crippen molar-refractivity contribution in [3.05, 3.63) is 24.3 Å². The van der Waals surface area contributed by atoms with Gasteiger partial charge >= 0.3 is 6.09 Å². The molecule has 5 heteroatoms. The van der Waals surface area contributed by atoms with Gasteiger partial charge in [-0.15, -0.1) is 12.4 Å². The van der Waals surface area contributed by atoms with Crippen LogP contribution in [-0.4, -0.2) is 24.8 Å². The van der Waals surface area contributed by atoms with Crippen LogP contribution in [0.25, 0.3) is 0 Å². The van der Waals surface area contributed by atoms with Crippen LogP contribution in [-0.2, 0) is 4.74 Å². The molecular weight excluding hydrogens is 276 g/mol. The molecule has 20 heavy (non-hydrogen) atoms. The first-order valence-corrected chi connectivity index (χ1v) is 7.21. The van der Waals surface area contributed by atoms with E-state index >= 15 is 0 Å². The first-order valence-electron chi connectivity index (χ1n) is 7.21. The fourth-order valence-corrected chi connectivity index (χ4v) is 2.08. The number of allylic oxidation sites excluding steroid dienone is 2. The van der Waals surface area contributed by atoms with Crippen molar-refractivity contribution in [2.24, 2.45) is 5.73 Å². The van der Waals surface area contributed by atoms with Crippen LogP contribution in [0.4, 0.5) is 4.79 Å². The highest BCUT2D eigenvalue weighted by atomic mass is 35.5. The summed E-state index contributed by atoms with van der Waals surface area (Å²) in [6.07, 6.45) is 14.8. The molecule has 116 valence electrons. The minimum atomic E-state index is -0.294. The monoisotopic (exact) mass is 302 g/mol. The summed E-state index contributed by atoms with van der Waals surface area (Å²) in [5, 5.41) is 2.81. The van der Waals surface area contributed by atoms with Crippen molar-refractivity contribution in [3.63, 3.8) is 0 Å². The van der Waals surface area contributed by atoms with Crippen LogP contribution in [0, 0.1) is 0 Å². The van der Waals surface area contributed by atoms with Crippen molar-refractivity contribution in [2.45, 2.75) is 57.5 Å². The summed E-state index contributed by atoms with van der Waals surface area (Å²) in [7, 11) is 0. The maximum absolute atomic E-state index is 11.0. The largest absolute Gasteiger partial charge is 0.450 e. The molecule has 2 atom stereocenters. The van der Waals surface area contributed by atoms with E-state index in [2.05, 4.69) is 29.6 Å². The predicted molar refractivity (Wildman–Crippen MR) is 85.2 cm³/mol. The molecule has 1 amide bonds. The molecule has 2 aliphatic rings.